The van der Waals surface area contributed by atoms with Crippen molar-refractivity contribution < 1.29 is 19.4 Å². The maximum atomic E-state index is 13.3. The van der Waals surface area contributed by atoms with E-state index in [9.17, 15) is 24.2 Å². The number of benzene rings is 1. The summed E-state index contributed by atoms with van der Waals surface area (Å²) < 4.78 is 14.6. The molecule has 1 unspecified atom stereocenters. The van der Waals surface area contributed by atoms with Crippen molar-refractivity contribution in [3.05, 3.63) is 87.6 Å². The molecule has 0 radical (unpaired) electrons. The summed E-state index contributed by atoms with van der Waals surface area (Å²) in [6.45, 7) is 1.28. The molecule has 0 aliphatic carbocycles. The van der Waals surface area contributed by atoms with Gasteiger partial charge in [-0.05, 0) is 42.7 Å². The molecule has 0 bridgehead atoms. The van der Waals surface area contributed by atoms with E-state index in [1.165, 1.54) is 29.2 Å². The van der Waals surface area contributed by atoms with Crippen molar-refractivity contribution >= 4 is 16.9 Å². The lowest BCUT2D eigenvalue weighted by Gasteiger charge is -2.16. The standard InChI is InChI=1S/C23H22FN5O4/c1-13(11-30)28-22(32)19-21(31)20-18(29(23(19)33)10-17-9-25-12-27-17)7-15(8-26-20)6-14-2-4-16(24)5-3-14/h2-5,7-9,12-13,30-31H,6,10-11H2,1H3,(H,25,27)(H,28,32). The van der Waals surface area contributed by atoms with E-state index in [1.807, 2.05) is 0 Å². The Morgan fingerprint density at radius 3 is 2.67 bits per heavy atom. The molecular formula is C23H22FN5O4. The van der Waals surface area contributed by atoms with Crippen molar-refractivity contribution in [3.63, 3.8) is 0 Å². The fraction of sp³-hybridized carbons (Fsp3) is 0.217. The zero-order valence-corrected chi connectivity index (χ0v) is 17.7. The SMILES string of the molecule is CC(CO)NC(=O)c1c(O)c2ncc(Cc3ccc(F)cc3)cc2n(Cc2c[nH]cn2)c1=O. The number of nitrogens with zero attached hydrogens (tertiary/aromatic N) is 3. The Morgan fingerprint density at radius 2 is 2.00 bits per heavy atom. The number of aromatic hydroxyl groups is 1. The molecule has 3 aromatic heterocycles. The minimum absolute atomic E-state index is 0.0383. The summed E-state index contributed by atoms with van der Waals surface area (Å²) in [6.07, 6.45) is 5.05. The van der Waals surface area contributed by atoms with Gasteiger partial charge in [0.15, 0.2) is 5.75 Å². The normalized spacial score (nSPS) is 12.1. The first-order chi connectivity index (χ1) is 15.9. The number of aromatic amines is 1. The number of amides is 1. The van der Waals surface area contributed by atoms with Gasteiger partial charge in [-0.3, -0.25) is 19.1 Å². The van der Waals surface area contributed by atoms with Crippen LogP contribution in [-0.2, 0) is 13.0 Å². The monoisotopic (exact) mass is 451 g/mol. The van der Waals surface area contributed by atoms with Crippen LogP contribution < -0.4 is 10.9 Å². The smallest absolute Gasteiger partial charge is 0.268 e. The number of pyridine rings is 2. The number of H-pyrrole nitrogens is 1. The fourth-order valence-electron chi connectivity index (χ4n) is 3.52. The third-order valence-corrected chi connectivity index (χ3v) is 5.21. The maximum absolute atomic E-state index is 13.3. The van der Waals surface area contributed by atoms with E-state index in [0.717, 1.165) is 11.1 Å². The molecule has 33 heavy (non-hydrogen) atoms. The van der Waals surface area contributed by atoms with Crippen LogP contribution in [-0.4, -0.2) is 48.3 Å². The van der Waals surface area contributed by atoms with E-state index in [4.69, 9.17) is 0 Å². The maximum Gasteiger partial charge on any atom is 0.268 e. The number of aromatic nitrogens is 4. The summed E-state index contributed by atoms with van der Waals surface area (Å²) in [5.41, 5.74) is 1.35. The van der Waals surface area contributed by atoms with E-state index < -0.39 is 28.8 Å². The van der Waals surface area contributed by atoms with Crippen molar-refractivity contribution in [2.75, 3.05) is 6.61 Å². The number of hydrogen-bond acceptors (Lipinski definition) is 6. The molecule has 0 spiro atoms. The van der Waals surface area contributed by atoms with Gasteiger partial charge in [0, 0.05) is 18.4 Å². The van der Waals surface area contributed by atoms with Crippen LogP contribution in [0.25, 0.3) is 11.0 Å². The van der Waals surface area contributed by atoms with Crippen LogP contribution in [0.5, 0.6) is 5.75 Å². The molecule has 1 amide bonds. The van der Waals surface area contributed by atoms with Gasteiger partial charge in [-0.25, -0.2) is 9.37 Å². The molecule has 170 valence electrons. The first-order valence-electron chi connectivity index (χ1n) is 10.3. The molecule has 4 aromatic rings. The average Bonchev–Trinajstić information content (AvgIpc) is 3.31. The molecule has 10 heteroatoms. The molecule has 0 aliphatic rings. The van der Waals surface area contributed by atoms with Gasteiger partial charge in [0.05, 0.1) is 30.7 Å². The minimum atomic E-state index is -0.811. The second-order valence-corrected chi connectivity index (χ2v) is 7.75. The van der Waals surface area contributed by atoms with Gasteiger partial charge < -0.3 is 20.5 Å². The Morgan fingerprint density at radius 1 is 1.24 bits per heavy atom. The summed E-state index contributed by atoms with van der Waals surface area (Å²) in [6, 6.07) is 7.13. The van der Waals surface area contributed by atoms with Crippen LogP contribution in [0.4, 0.5) is 4.39 Å². The van der Waals surface area contributed by atoms with Gasteiger partial charge in [0.1, 0.15) is 16.9 Å². The van der Waals surface area contributed by atoms with Gasteiger partial charge in [-0.1, -0.05) is 12.1 Å². The zero-order chi connectivity index (χ0) is 23.5. The van der Waals surface area contributed by atoms with Gasteiger partial charge in [0.2, 0.25) is 0 Å². The molecule has 9 nitrogen and oxygen atoms in total. The highest BCUT2D eigenvalue weighted by Gasteiger charge is 2.24. The van der Waals surface area contributed by atoms with Crippen molar-refractivity contribution in [2.24, 2.45) is 0 Å². The lowest BCUT2D eigenvalue weighted by Crippen LogP contribution is -2.39. The van der Waals surface area contributed by atoms with Gasteiger partial charge in [-0.2, -0.15) is 0 Å². The number of carbonyl (C=O) groups is 1. The number of rotatable bonds is 7. The highest BCUT2D eigenvalue weighted by molar-refractivity contribution is 6.01. The minimum Gasteiger partial charge on any atom is -0.505 e. The number of imidazole rings is 1. The molecule has 1 aromatic carbocycles. The molecule has 0 fully saturated rings. The van der Waals surface area contributed by atoms with Crippen LogP contribution in [0, 0.1) is 5.82 Å². The van der Waals surface area contributed by atoms with Crippen LogP contribution >= 0.6 is 0 Å². The summed E-state index contributed by atoms with van der Waals surface area (Å²) in [7, 11) is 0. The second kappa shape index (κ2) is 9.21. The van der Waals surface area contributed by atoms with E-state index in [1.54, 1.807) is 31.3 Å². The van der Waals surface area contributed by atoms with Gasteiger partial charge >= 0.3 is 0 Å². The predicted octanol–water partition coefficient (Wildman–Crippen LogP) is 1.71. The lowest BCUT2D eigenvalue weighted by atomic mass is 10.0. The first kappa shape index (κ1) is 22.2. The lowest BCUT2D eigenvalue weighted by molar-refractivity contribution is 0.0917. The number of fused-ring (bicyclic) bond motifs is 1. The largest absolute Gasteiger partial charge is 0.505 e. The Labute approximate surface area is 187 Å². The third kappa shape index (κ3) is 4.60. The number of hydrogen-bond donors (Lipinski definition) is 4. The van der Waals surface area contributed by atoms with Gasteiger partial charge in [0.25, 0.3) is 11.5 Å². The summed E-state index contributed by atoms with van der Waals surface area (Å²) in [5.74, 6) is -1.69. The van der Waals surface area contributed by atoms with E-state index in [-0.39, 0.29) is 24.5 Å². The number of aliphatic hydroxyl groups is 1. The fourth-order valence-corrected chi connectivity index (χ4v) is 3.52. The van der Waals surface area contributed by atoms with Gasteiger partial charge in [-0.15, -0.1) is 0 Å². The summed E-state index contributed by atoms with van der Waals surface area (Å²) >= 11 is 0. The number of halogens is 1. The highest BCUT2D eigenvalue weighted by Crippen LogP contribution is 2.26. The van der Waals surface area contributed by atoms with Crippen molar-refractivity contribution in [2.45, 2.75) is 25.9 Å². The number of aliphatic hydroxyl groups excluding tert-OH is 1. The molecule has 0 saturated heterocycles. The predicted molar refractivity (Wildman–Crippen MR) is 119 cm³/mol. The summed E-state index contributed by atoms with van der Waals surface area (Å²) in [5, 5.41) is 22.5. The Balaban J connectivity index is 1.85. The molecule has 1 atom stereocenters. The van der Waals surface area contributed by atoms with Crippen molar-refractivity contribution in [3.8, 4) is 5.75 Å². The van der Waals surface area contributed by atoms with Crippen LogP contribution in [0.15, 0.2) is 53.8 Å². The Kier molecular flexibility index (Phi) is 6.18. The van der Waals surface area contributed by atoms with Crippen LogP contribution in [0.1, 0.15) is 34.1 Å². The Bertz CT molecular complexity index is 1350. The summed E-state index contributed by atoms with van der Waals surface area (Å²) in [4.78, 5) is 37.3. The third-order valence-electron chi connectivity index (χ3n) is 5.21. The van der Waals surface area contributed by atoms with Crippen molar-refractivity contribution in [1.29, 1.82) is 0 Å². The second-order valence-electron chi connectivity index (χ2n) is 7.75. The van der Waals surface area contributed by atoms with Crippen LogP contribution in [0.2, 0.25) is 0 Å². The van der Waals surface area contributed by atoms with Crippen molar-refractivity contribution in [1.82, 2.24) is 24.8 Å². The molecule has 4 N–H and O–H groups in total. The molecule has 0 aliphatic heterocycles. The molecular weight excluding hydrogens is 429 g/mol. The van der Waals surface area contributed by atoms with E-state index in [0.29, 0.717) is 17.6 Å². The highest BCUT2D eigenvalue weighted by atomic mass is 19.1. The van der Waals surface area contributed by atoms with E-state index >= 15 is 0 Å². The topological polar surface area (TPSA) is 133 Å². The van der Waals surface area contributed by atoms with E-state index in [2.05, 4.69) is 20.3 Å². The number of nitrogens with one attached hydrogen (secondary N) is 2. The molecule has 0 saturated carbocycles. The zero-order valence-electron chi connectivity index (χ0n) is 17.7. The molecule has 3 heterocycles. The molecule has 4 rings (SSSR count). The number of carbonyl (C=O) groups excluding carboxylic acids is 1. The average molecular weight is 451 g/mol. The first-order valence-corrected chi connectivity index (χ1v) is 10.3. The van der Waals surface area contributed by atoms with Crippen LogP contribution in [0.3, 0.4) is 0 Å². The quantitative estimate of drug-likeness (QED) is 0.338. The Hall–Kier alpha value is -4.05.